The first-order valence-electron chi connectivity index (χ1n) is 4.84. The molecule has 1 aromatic carbocycles. The number of nitro benzene ring substituents is 2. The Labute approximate surface area is 105 Å². The van der Waals surface area contributed by atoms with E-state index in [1.165, 1.54) is 0 Å². The van der Waals surface area contributed by atoms with Gasteiger partial charge >= 0.3 is 6.20 Å². The third-order valence-electron chi connectivity index (χ3n) is 2.06. The molecule has 0 amide bonds. The zero-order valence-electron chi connectivity index (χ0n) is 9.39. The Balaban J connectivity index is 3.01. The van der Waals surface area contributed by atoms with Crippen LogP contribution >= 0.6 is 0 Å². The quantitative estimate of drug-likeness (QED) is 0.359. The number of anilines is 1. The average molecular weight is 266 g/mol. The van der Waals surface area contributed by atoms with Gasteiger partial charge in [-0.3, -0.25) is 20.2 Å². The third kappa shape index (κ3) is 3.63. The predicted molar refractivity (Wildman–Crippen MR) is 64.0 cm³/mol. The first-order valence-corrected chi connectivity index (χ1v) is 4.84. The lowest BCUT2D eigenvalue weighted by Crippen LogP contribution is -2.06. The Hall–Kier alpha value is -3.22. The van der Waals surface area contributed by atoms with Crippen LogP contribution in [0.2, 0.25) is 0 Å². The summed E-state index contributed by atoms with van der Waals surface area (Å²) in [6.45, 7) is -0.233. The van der Waals surface area contributed by atoms with Crippen molar-refractivity contribution in [2.45, 2.75) is 0 Å². The van der Waals surface area contributed by atoms with Gasteiger partial charge in [0.1, 0.15) is 5.69 Å². The fourth-order valence-corrected chi connectivity index (χ4v) is 1.23. The fourth-order valence-electron chi connectivity index (χ4n) is 1.23. The molecular formula is C9H8N5O5+. The number of non-ortho nitro benzene ring substituents is 1. The lowest BCUT2D eigenvalue weighted by molar-refractivity contribution is -0.393. The van der Waals surface area contributed by atoms with Crippen LogP contribution in [-0.4, -0.2) is 21.5 Å². The molecule has 0 aromatic heterocycles. The minimum atomic E-state index is -0.785. The van der Waals surface area contributed by atoms with Crippen molar-refractivity contribution in [2.75, 3.05) is 11.9 Å². The van der Waals surface area contributed by atoms with E-state index in [-0.39, 0.29) is 18.0 Å². The molecule has 0 aliphatic carbocycles. The third-order valence-corrected chi connectivity index (χ3v) is 2.06. The Morgan fingerprint density at radius 1 is 1.42 bits per heavy atom. The molecule has 98 valence electrons. The van der Waals surface area contributed by atoms with Gasteiger partial charge in [0.2, 0.25) is 5.39 Å². The smallest absolute Gasteiger partial charge is 0.389 e. The molecule has 0 aliphatic heterocycles. The van der Waals surface area contributed by atoms with Crippen LogP contribution in [0.1, 0.15) is 0 Å². The highest BCUT2D eigenvalue weighted by atomic mass is 16.6. The van der Waals surface area contributed by atoms with Crippen molar-refractivity contribution < 1.29 is 15.0 Å². The molecule has 0 aliphatic rings. The van der Waals surface area contributed by atoms with Crippen LogP contribution in [0.4, 0.5) is 17.1 Å². The summed E-state index contributed by atoms with van der Waals surface area (Å²) in [5, 5.41) is 41.1. The predicted octanol–water partition coefficient (Wildman–Crippen LogP) is 2.17. The van der Waals surface area contributed by atoms with Gasteiger partial charge in [-0.05, 0) is 6.07 Å². The van der Waals surface area contributed by atoms with E-state index in [4.69, 9.17) is 10.5 Å². The fraction of sp³-hybridized carbons (Fsp3) is 0.111. The number of benzene rings is 1. The summed E-state index contributed by atoms with van der Waals surface area (Å²) >= 11 is 0. The van der Waals surface area contributed by atoms with Crippen LogP contribution in [0.15, 0.2) is 30.2 Å². The Morgan fingerprint density at radius 3 is 2.63 bits per heavy atom. The number of nitrogens with zero attached hydrogens (tertiary/aromatic N) is 4. The molecule has 10 nitrogen and oxygen atoms in total. The molecule has 1 aromatic rings. The van der Waals surface area contributed by atoms with Gasteiger partial charge in [0.25, 0.3) is 11.4 Å². The van der Waals surface area contributed by atoms with E-state index in [0.29, 0.717) is 0 Å². The average Bonchev–Trinajstić information content (AvgIpc) is 2.36. The van der Waals surface area contributed by atoms with Gasteiger partial charge in [-0.2, -0.15) is 0 Å². The van der Waals surface area contributed by atoms with Crippen molar-refractivity contribution >= 4 is 17.1 Å². The summed E-state index contributed by atoms with van der Waals surface area (Å²) in [4.78, 5) is 22.3. The number of hydrogen-bond donors (Lipinski definition) is 2. The maximum atomic E-state index is 10.8. The van der Waals surface area contributed by atoms with Crippen LogP contribution in [-0.2, 0) is 0 Å². The highest BCUT2D eigenvalue weighted by Gasteiger charge is 2.19. The van der Waals surface area contributed by atoms with Gasteiger partial charge in [0.15, 0.2) is 10.7 Å². The van der Waals surface area contributed by atoms with Crippen molar-refractivity contribution in [1.29, 1.82) is 5.39 Å². The van der Waals surface area contributed by atoms with E-state index in [0.717, 1.165) is 24.4 Å². The number of aliphatic hydroxyl groups is 1. The van der Waals surface area contributed by atoms with Crippen LogP contribution in [0.5, 0.6) is 0 Å². The van der Waals surface area contributed by atoms with Gasteiger partial charge < -0.3 is 10.4 Å². The molecule has 0 fully saturated rings. The molecule has 2 N–H and O–H groups in total. The number of hydrogen-bond acceptors (Lipinski definition) is 7. The van der Waals surface area contributed by atoms with Gasteiger partial charge in [-0.1, -0.05) is 0 Å². The van der Waals surface area contributed by atoms with E-state index in [1.54, 1.807) is 0 Å². The number of aliphatic hydroxyl groups excluding tert-OH is 1. The molecule has 0 spiro atoms. The number of nitro groups is 2. The van der Waals surface area contributed by atoms with Crippen molar-refractivity contribution in [2.24, 2.45) is 0 Å². The molecule has 0 saturated carbocycles. The molecule has 19 heavy (non-hydrogen) atoms. The van der Waals surface area contributed by atoms with Crippen LogP contribution < -0.4 is 5.32 Å². The van der Waals surface area contributed by atoms with Gasteiger partial charge in [0, 0.05) is 6.07 Å². The van der Waals surface area contributed by atoms with E-state index in [2.05, 4.69) is 10.3 Å². The van der Waals surface area contributed by atoms with Gasteiger partial charge in [0.05, 0.1) is 22.5 Å². The Morgan fingerprint density at radius 2 is 2.11 bits per heavy atom. The summed E-state index contributed by atoms with van der Waals surface area (Å²) < 4.78 is 0. The monoisotopic (exact) mass is 266 g/mol. The summed E-state index contributed by atoms with van der Waals surface area (Å²) in [5.41, 5.74) is -0.918. The van der Waals surface area contributed by atoms with Crippen LogP contribution in [0.3, 0.4) is 0 Å². The molecule has 0 bridgehead atoms. The maximum absolute atomic E-state index is 10.8. The van der Waals surface area contributed by atoms with E-state index < -0.39 is 21.2 Å². The summed E-state index contributed by atoms with van der Waals surface area (Å²) in [6.07, 6.45) is 0.740. The zero-order chi connectivity index (χ0) is 14.4. The second-order valence-corrected chi connectivity index (χ2v) is 3.31. The zero-order valence-corrected chi connectivity index (χ0v) is 9.39. The molecule has 1 rings (SSSR count). The number of nitrogens with one attached hydrogen (secondary N) is 1. The normalized spacial score (nSPS) is 10.6. The van der Waals surface area contributed by atoms with Crippen LogP contribution in [0, 0.1) is 25.6 Å². The van der Waals surface area contributed by atoms with Gasteiger partial charge in [-0.15, -0.1) is 0 Å². The Bertz CT molecular complexity index is 591. The lowest BCUT2D eigenvalue weighted by atomic mass is 10.2. The maximum Gasteiger partial charge on any atom is 0.389 e. The molecule has 0 unspecified atom stereocenters. The summed E-state index contributed by atoms with van der Waals surface area (Å²) in [5.74, 6) is -0.366. The van der Waals surface area contributed by atoms with E-state index >= 15 is 0 Å². The number of diazo groups is 1. The highest BCUT2D eigenvalue weighted by Crippen LogP contribution is 2.28. The molecule has 0 heterocycles. The molecule has 10 heteroatoms. The largest absolute Gasteiger partial charge is 0.504 e. The first-order chi connectivity index (χ1) is 8.95. The van der Waals surface area contributed by atoms with E-state index in [1.807, 2.05) is 0 Å². The van der Waals surface area contributed by atoms with E-state index in [9.17, 15) is 20.2 Å². The van der Waals surface area contributed by atoms with Crippen molar-refractivity contribution in [3.8, 4) is 0 Å². The minimum absolute atomic E-state index is 0.00603. The van der Waals surface area contributed by atoms with Crippen molar-refractivity contribution in [1.82, 2.24) is 0 Å². The summed E-state index contributed by atoms with van der Waals surface area (Å²) in [6, 6.07) is 3.05. The second kappa shape index (κ2) is 5.92. The standard InChI is InChI=1S/C9H7N5O5/c10-12-5-7(15)4-11-8-2-1-6(13(16)17)3-9(8)14(18)19/h1-3,5,11H,4H2/p+1/b7-5-. The van der Waals surface area contributed by atoms with Crippen molar-refractivity contribution in [3.63, 3.8) is 0 Å². The summed E-state index contributed by atoms with van der Waals surface area (Å²) in [7, 11) is 0. The highest BCUT2D eigenvalue weighted by molar-refractivity contribution is 5.65. The SMILES string of the molecule is N#[N+]/C=C(\O)CNc1ccc([N+](=O)[O-])cc1[N+](=O)[O-]. The molecule has 0 saturated heterocycles. The van der Waals surface area contributed by atoms with Crippen LogP contribution in [0.25, 0.3) is 4.98 Å². The topological polar surface area (TPSA) is 147 Å². The molecule has 0 atom stereocenters. The lowest BCUT2D eigenvalue weighted by Gasteiger charge is -2.04. The minimum Gasteiger partial charge on any atom is -0.504 e. The molecular weight excluding hydrogens is 258 g/mol. The van der Waals surface area contributed by atoms with Crippen molar-refractivity contribution in [3.05, 3.63) is 55.4 Å². The number of rotatable bonds is 5. The first kappa shape index (κ1) is 13.8. The molecule has 0 radical (unpaired) electrons. The second-order valence-electron chi connectivity index (χ2n) is 3.31. The Kier molecular flexibility index (Phi) is 4.31. The van der Waals surface area contributed by atoms with Gasteiger partial charge in [-0.25, -0.2) is 0 Å².